The van der Waals surface area contributed by atoms with Gasteiger partial charge in [0, 0.05) is 15.4 Å². The number of hydrogen-bond acceptors (Lipinski definition) is 4. The zero-order valence-electron chi connectivity index (χ0n) is 11.4. The van der Waals surface area contributed by atoms with Crippen molar-refractivity contribution < 1.29 is 4.74 Å². The first-order valence-corrected chi connectivity index (χ1v) is 9.00. The van der Waals surface area contributed by atoms with E-state index < -0.39 is 0 Å². The number of methoxy groups -OCH3 is 1. The Morgan fingerprint density at radius 1 is 1.05 bits per heavy atom. The molecule has 0 aliphatic carbocycles. The van der Waals surface area contributed by atoms with Crippen molar-refractivity contribution in [3.8, 4) is 5.75 Å². The first-order chi connectivity index (χ1) is 10.3. The summed E-state index contributed by atoms with van der Waals surface area (Å²) in [6, 6.07) is 14.8. The molecule has 0 amide bonds. The fourth-order valence-electron chi connectivity index (χ4n) is 2.12. The largest absolute Gasteiger partial charge is 0.496 e. The Balaban J connectivity index is 1.90. The van der Waals surface area contributed by atoms with E-state index >= 15 is 0 Å². The smallest absolute Gasteiger partial charge is 0.133 e. The predicted octanol–water partition coefficient (Wildman–Crippen LogP) is 5.78. The highest BCUT2D eigenvalue weighted by Crippen LogP contribution is 2.34. The van der Waals surface area contributed by atoms with Crippen LogP contribution in [0.1, 0.15) is 15.8 Å². The monoisotopic (exact) mass is 379 g/mol. The Labute approximate surface area is 140 Å². The summed E-state index contributed by atoms with van der Waals surface area (Å²) in [6.07, 6.45) is 0. The zero-order chi connectivity index (χ0) is 14.7. The number of nitrogens with one attached hydrogen (secondary N) is 1. The third-order valence-electron chi connectivity index (χ3n) is 3.12. The topological polar surface area (TPSA) is 21.3 Å². The van der Waals surface area contributed by atoms with Crippen molar-refractivity contribution in [2.75, 3.05) is 12.4 Å². The highest BCUT2D eigenvalue weighted by Gasteiger charge is 2.16. The molecule has 3 aromatic rings. The molecule has 0 saturated heterocycles. The molecular weight excluding hydrogens is 366 g/mol. The molecule has 0 spiro atoms. The Morgan fingerprint density at radius 3 is 2.19 bits per heavy atom. The lowest BCUT2D eigenvalue weighted by molar-refractivity contribution is 0.412. The maximum absolute atomic E-state index is 5.28. The van der Waals surface area contributed by atoms with E-state index in [0.29, 0.717) is 0 Å². The van der Waals surface area contributed by atoms with Crippen molar-refractivity contribution in [1.29, 1.82) is 0 Å². The summed E-state index contributed by atoms with van der Waals surface area (Å²) in [5, 5.41) is 7.84. The molecular formula is C16H14BrNOS2. The first-order valence-electron chi connectivity index (χ1n) is 6.45. The summed E-state index contributed by atoms with van der Waals surface area (Å²) in [5.41, 5.74) is 1.06. The Kier molecular flexibility index (Phi) is 4.63. The molecule has 108 valence electrons. The van der Waals surface area contributed by atoms with Gasteiger partial charge in [0.25, 0.3) is 0 Å². The van der Waals surface area contributed by atoms with Crippen LogP contribution in [-0.2, 0) is 0 Å². The zero-order valence-corrected chi connectivity index (χ0v) is 14.6. The van der Waals surface area contributed by atoms with E-state index in [0.717, 1.165) is 15.9 Å². The Morgan fingerprint density at radius 2 is 1.71 bits per heavy atom. The lowest BCUT2D eigenvalue weighted by Crippen LogP contribution is -2.09. The van der Waals surface area contributed by atoms with Gasteiger partial charge < -0.3 is 10.1 Å². The van der Waals surface area contributed by atoms with Crippen molar-refractivity contribution in [2.45, 2.75) is 6.04 Å². The second kappa shape index (κ2) is 6.64. The van der Waals surface area contributed by atoms with E-state index in [1.54, 1.807) is 29.8 Å². The van der Waals surface area contributed by atoms with Crippen LogP contribution >= 0.6 is 38.6 Å². The van der Waals surface area contributed by atoms with Crippen LogP contribution < -0.4 is 10.1 Å². The number of hydrogen-bond donors (Lipinski definition) is 1. The maximum atomic E-state index is 5.28. The van der Waals surface area contributed by atoms with E-state index in [9.17, 15) is 0 Å². The molecule has 1 aromatic carbocycles. The minimum atomic E-state index is 0.185. The third-order valence-corrected chi connectivity index (χ3v) is 5.61. The van der Waals surface area contributed by atoms with Gasteiger partial charge in [-0.3, -0.25) is 0 Å². The number of halogens is 1. The van der Waals surface area contributed by atoms with Crippen LogP contribution in [0.25, 0.3) is 0 Å². The van der Waals surface area contributed by atoms with E-state index in [4.69, 9.17) is 4.74 Å². The van der Waals surface area contributed by atoms with Gasteiger partial charge in [-0.1, -0.05) is 12.1 Å². The van der Waals surface area contributed by atoms with Crippen molar-refractivity contribution in [1.82, 2.24) is 0 Å². The van der Waals surface area contributed by atoms with Crippen LogP contribution in [0.15, 0.2) is 57.7 Å². The lowest BCUT2D eigenvalue weighted by atomic mass is 10.2. The average molecular weight is 380 g/mol. The van der Waals surface area contributed by atoms with E-state index in [2.05, 4.69) is 56.3 Å². The minimum absolute atomic E-state index is 0.185. The maximum Gasteiger partial charge on any atom is 0.133 e. The summed E-state index contributed by atoms with van der Waals surface area (Å²) in [4.78, 5) is 2.62. The van der Waals surface area contributed by atoms with E-state index in [1.165, 1.54) is 9.75 Å². The number of ether oxygens (including phenoxy) is 1. The third kappa shape index (κ3) is 3.31. The predicted molar refractivity (Wildman–Crippen MR) is 94.8 cm³/mol. The van der Waals surface area contributed by atoms with Gasteiger partial charge in [-0.05, 0) is 57.0 Å². The van der Waals surface area contributed by atoms with Crippen LogP contribution in [-0.4, -0.2) is 7.11 Å². The fourth-order valence-corrected chi connectivity index (χ4v) is 4.32. The number of rotatable bonds is 5. The summed E-state index contributed by atoms with van der Waals surface area (Å²) < 4.78 is 6.23. The summed E-state index contributed by atoms with van der Waals surface area (Å²) >= 11 is 7.07. The van der Waals surface area contributed by atoms with Gasteiger partial charge in [0.15, 0.2) is 0 Å². The number of thiophene rings is 2. The van der Waals surface area contributed by atoms with Crippen LogP contribution in [0.4, 0.5) is 5.69 Å². The molecule has 2 nitrogen and oxygen atoms in total. The molecule has 21 heavy (non-hydrogen) atoms. The second-order valence-corrected chi connectivity index (χ2v) is 7.27. The van der Waals surface area contributed by atoms with E-state index in [-0.39, 0.29) is 6.04 Å². The van der Waals surface area contributed by atoms with Gasteiger partial charge in [-0.25, -0.2) is 0 Å². The van der Waals surface area contributed by atoms with E-state index in [1.807, 2.05) is 18.2 Å². The number of benzene rings is 1. The molecule has 2 aromatic heterocycles. The first kappa shape index (κ1) is 14.6. The molecule has 0 unspecified atom stereocenters. The molecule has 3 rings (SSSR count). The number of anilines is 1. The van der Waals surface area contributed by atoms with Crippen molar-refractivity contribution in [3.63, 3.8) is 0 Å². The molecule has 0 fully saturated rings. The fraction of sp³-hybridized carbons (Fsp3) is 0.125. The van der Waals surface area contributed by atoms with Crippen molar-refractivity contribution >= 4 is 44.3 Å². The molecule has 2 heterocycles. The SMILES string of the molecule is COc1ccc(NC(c2cccs2)c2cccs2)cc1Br. The second-order valence-electron chi connectivity index (χ2n) is 4.46. The van der Waals surface area contributed by atoms with Gasteiger partial charge >= 0.3 is 0 Å². The molecule has 5 heteroatoms. The van der Waals surface area contributed by atoms with Crippen LogP contribution in [0.3, 0.4) is 0 Å². The van der Waals surface area contributed by atoms with Gasteiger partial charge in [0.2, 0.25) is 0 Å². The highest BCUT2D eigenvalue weighted by molar-refractivity contribution is 9.10. The van der Waals surface area contributed by atoms with Crippen LogP contribution in [0.2, 0.25) is 0 Å². The summed E-state index contributed by atoms with van der Waals surface area (Å²) in [5.74, 6) is 0.837. The average Bonchev–Trinajstić information content (AvgIpc) is 3.18. The Hall–Kier alpha value is -1.30. The molecule has 0 bridgehead atoms. The van der Waals surface area contributed by atoms with Gasteiger partial charge in [-0.15, -0.1) is 22.7 Å². The van der Waals surface area contributed by atoms with Crippen molar-refractivity contribution in [3.05, 3.63) is 67.5 Å². The Bertz CT molecular complexity index is 661. The summed E-state index contributed by atoms with van der Waals surface area (Å²) in [6.45, 7) is 0. The molecule has 0 atom stereocenters. The highest BCUT2D eigenvalue weighted by atomic mass is 79.9. The van der Waals surface area contributed by atoms with Crippen LogP contribution in [0, 0.1) is 0 Å². The molecule has 0 saturated carbocycles. The normalized spacial score (nSPS) is 10.8. The van der Waals surface area contributed by atoms with Crippen molar-refractivity contribution in [2.24, 2.45) is 0 Å². The molecule has 0 aliphatic heterocycles. The standard InChI is InChI=1S/C16H14BrNOS2/c1-19-13-7-6-11(10-12(13)17)18-16(14-4-2-8-20-14)15-5-3-9-21-15/h2-10,16,18H,1H3. The quantitative estimate of drug-likeness (QED) is 0.606. The van der Waals surface area contributed by atoms with Crippen LogP contribution in [0.5, 0.6) is 5.75 Å². The molecule has 0 radical (unpaired) electrons. The minimum Gasteiger partial charge on any atom is -0.496 e. The molecule has 1 N–H and O–H groups in total. The molecule has 0 aliphatic rings. The van der Waals surface area contributed by atoms with Gasteiger partial charge in [0.05, 0.1) is 17.6 Å². The van der Waals surface area contributed by atoms with Gasteiger partial charge in [-0.2, -0.15) is 0 Å². The summed E-state index contributed by atoms with van der Waals surface area (Å²) in [7, 11) is 1.67. The van der Waals surface area contributed by atoms with Gasteiger partial charge in [0.1, 0.15) is 5.75 Å². The lowest BCUT2D eigenvalue weighted by Gasteiger charge is -2.18.